The van der Waals surface area contributed by atoms with Crippen molar-refractivity contribution in [3.8, 4) is 0 Å². The van der Waals surface area contributed by atoms with Crippen LogP contribution in [0.5, 0.6) is 0 Å². The Balaban J connectivity index is 1.50. The van der Waals surface area contributed by atoms with Crippen molar-refractivity contribution >= 4 is 24.8 Å². The van der Waals surface area contributed by atoms with Crippen molar-refractivity contribution in [2.75, 3.05) is 19.7 Å². The Labute approximate surface area is 175 Å². The Kier molecular flexibility index (Phi) is 4.86. The molecule has 2 aliphatic heterocycles. The number of likely N-dealkylation sites (tertiary alicyclic amines) is 1. The normalized spacial score (nSPS) is 23.0. The Morgan fingerprint density at radius 2 is 1.69 bits per heavy atom. The number of benzene rings is 2. The van der Waals surface area contributed by atoms with E-state index in [1.807, 2.05) is 20.8 Å². The van der Waals surface area contributed by atoms with Crippen LogP contribution in [0.25, 0.3) is 0 Å². The summed E-state index contributed by atoms with van der Waals surface area (Å²) in [5.74, 6) is 0.360. The van der Waals surface area contributed by atoms with Crippen LogP contribution >= 0.6 is 0 Å². The highest BCUT2D eigenvalue weighted by molar-refractivity contribution is 7.03. The van der Waals surface area contributed by atoms with Gasteiger partial charge in [-0.25, -0.2) is 4.79 Å². The first-order valence-corrected chi connectivity index (χ1v) is 12.3. The van der Waals surface area contributed by atoms with Gasteiger partial charge in [0.1, 0.15) is 5.60 Å². The van der Waals surface area contributed by atoms with Crippen LogP contribution in [0.1, 0.15) is 40.2 Å². The van der Waals surface area contributed by atoms with Crippen LogP contribution in [0, 0.1) is 5.92 Å². The molecular formula is C24H31NO3Si. The summed E-state index contributed by atoms with van der Waals surface area (Å²) in [6.45, 7) is 12.4. The van der Waals surface area contributed by atoms with E-state index in [2.05, 4.69) is 68.4 Å². The van der Waals surface area contributed by atoms with E-state index < -0.39 is 13.9 Å². The predicted molar refractivity (Wildman–Crippen MR) is 118 cm³/mol. The van der Waals surface area contributed by atoms with Crippen molar-refractivity contribution in [1.29, 1.82) is 0 Å². The molecule has 2 aromatic rings. The fourth-order valence-corrected chi connectivity index (χ4v) is 9.78. The number of amides is 1. The van der Waals surface area contributed by atoms with Crippen LogP contribution in [-0.4, -0.2) is 44.6 Å². The Bertz CT molecular complexity index is 900. The first-order valence-electron chi connectivity index (χ1n) is 10.4. The van der Waals surface area contributed by atoms with Gasteiger partial charge in [0.05, 0.1) is 0 Å². The summed E-state index contributed by atoms with van der Waals surface area (Å²) in [6, 6.07) is 19.4. The van der Waals surface area contributed by atoms with Crippen molar-refractivity contribution in [2.24, 2.45) is 5.92 Å². The summed E-state index contributed by atoms with van der Waals surface area (Å²) in [7, 11) is -2.33. The topological polar surface area (TPSA) is 38.8 Å². The SMILES string of the molecule is CC(C)(C)OC(=O)N1CC(CO[Si]2(c3ccccc3)c3ccccc3C2(C)C)C1. The lowest BCUT2D eigenvalue weighted by molar-refractivity contribution is -0.00864. The zero-order chi connectivity index (χ0) is 20.9. The van der Waals surface area contributed by atoms with Gasteiger partial charge in [-0.1, -0.05) is 68.4 Å². The van der Waals surface area contributed by atoms with E-state index in [4.69, 9.17) is 9.16 Å². The number of ether oxygens (including phenoxy) is 1. The predicted octanol–water partition coefficient (Wildman–Crippen LogP) is 3.46. The molecule has 1 atom stereocenters. The van der Waals surface area contributed by atoms with E-state index in [1.165, 1.54) is 15.9 Å². The van der Waals surface area contributed by atoms with Gasteiger partial charge in [-0.05, 0) is 36.7 Å². The zero-order valence-electron chi connectivity index (χ0n) is 18.1. The fraction of sp³-hybridized carbons (Fsp3) is 0.458. The van der Waals surface area contributed by atoms with Crippen molar-refractivity contribution in [1.82, 2.24) is 4.90 Å². The average molecular weight is 410 g/mol. The molecule has 2 aliphatic rings. The molecule has 1 unspecified atom stereocenters. The number of carbonyl (C=O) groups excluding carboxylic acids is 1. The smallest absolute Gasteiger partial charge is 0.410 e. The van der Waals surface area contributed by atoms with Gasteiger partial charge in [-0.3, -0.25) is 0 Å². The Morgan fingerprint density at radius 3 is 2.34 bits per heavy atom. The lowest BCUT2D eigenvalue weighted by Crippen LogP contribution is -2.81. The minimum atomic E-state index is -2.33. The first kappa shape index (κ1) is 20.2. The van der Waals surface area contributed by atoms with Crippen molar-refractivity contribution in [3.63, 3.8) is 0 Å². The van der Waals surface area contributed by atoms with E-state index in [0.717, 1.165) is 0 Å². The summed E-state index contributed by atoms with van der Waals surface area (Å²) in [5.41, 5.74) is 0.947. The van der Waals surface area contributed by atoms with Gasteiger partial charge in [-0.15, -0.1) is 0 Å². The van der Waals surface area contributed by atoms with Gasteiger partial charge >= 0.3 is 6.09 Å². The molecule has 29 heavy (non-hydrogen) atoms. The van der Waals surface area contributed by atoms with Crippen LogP contribution in [0.3, 0.4) is 0 Å². The molecule has 0 saturated carbocycles. The van der Waals surface area contributed by atoms with Crippen LogP contribution < -0.4 is 10.4 Å². The van der Waals surface area contributed by atoms with Gasteiger partial charge in [-0.2, -0.15) is 0 Å². The van der Waals surface area contributed by atoms with E-state index in [9.17, 15) is 4.79 Å². The van der Waals surface area contributed by atoms with Gasteiger partial charge < -0.3 is 14.1 Å². The van der Waals surface area contributed by atoms with Crippen molar-refractivity contribution in [3.05, 3.63) is 60.2 Å². The van der Waals surface area contributed by atoms with E-state index >= 15 is 0 Å². The van der Waals surface area contributed by atoms with E-state index in [0.29, 0.717) is 25.6 Å². The molecule has 2 heterocycles. The maximum Gasteiger partial charge on any atom is 0.410 e. The molecule has 0 bridgehead atoms. The van der Waals surface area contributed by atoms with Gasteiger partial charge in [0.2, 0.25) is 0 Å². The molecule has 2 aromatic carbocycles. The highest BCUT2D eigenvalue weighted by Crippen LogP contribution is 2.43. The Morgan fingerprint density at radius 1 is 1.07 bits per heavy atom. The van der Waals surface area contributed by atoms with Gasteiger partial charge in [0, 0.05) is 30.7 Å². The summed E-state index contributed by atoms with van der Waals surface area (Å²) in [5, 5.41) is 2.73. The molecule has 1 fully saturated rings. The number of carbonyl (C=O) groups is 1. The third-order valence-electron chi connectivity index (χ3n) is 6.18. The summed E-state index contributed by atoms with van der Waals surface area (Å²) in [6.07, 6.45) is -0.224. The molecule has 0 spiro atoms. The number of hydrogen-bond acceptors (Lipinski definition) is 3. The van der Waals surface area contributed by atoms with Gasteiger partial charge in [0.15, 0.2) is 0 Å². The number of rotatable bonds is 4. The molecule has 5 heteroatoms. The monoisotopic (exact) mass is 409 g/mol. The fourth-order valence-electron chi connectivity index (χ4n) is 4.72. The second kappa shape index (κ2) is 6.99. The Hall–Kier alpha value is -2.11. The molecule has 0 aliphatic carbocycles. The summed E-state index contributed by atoms with van der Waals surface area (Å²) in [4.78, 5) is 14.0. The van der Waals surface area contributed by atoms with Crippen molar-refractivity contribution in [2.45, 2.75) is 45.3 Å². The number of hydrogen-bond donors (Lipinski definition) is 0. The first-order chi connectivity index (χ1) is 13.6. The quantitative estimate of drug-likeness (QED) is 0.726. The highest BCUT2D eigenvalue weighted by atomic mass is 28.4. The number of fused-ring (bicyclic) bond motifs is 1. The van der Waals surface area contributed by atoms with Crippen molar-refractivity contribution < 1.29 is 14.0 Å². The van der Waals surface area contributed by atoms with Crippen LogP contribution in [0.4, 0.5) is 4.79 Å². The maximum atomic E-state index is 12.2. The molecule has 0 N–H and O–H groups in total. The molecular weight excluding hydrogens is 378 g/mol. The van der Waals surface area contributed by atoms with E-state index in [-0.39, 0.29) is 11.1 Å². The molecule has 1 saturated heterocycles. The molecule has 0 radical (unpaired) electrons. The van der Waals surface area contributed by atoms with Crippen LogP contribution in [-0.2, 0) is 14.2 Å². The molecule has 0 aromatic heterocycles. The lowest BCUT2D eigenvalue weighted by Gasteiger charge is -2.55. The zero-order valence-corrected chi connectivity index (χ0v) is 19.1. The molecule has 154 valence electrons. The van der Waals surface area contributed by atoms with E-state index in [1.54, 1.807) is 4.90 Å². The maximum absolute atomic E-state index is 12.2. The summed E-state index contributed by atoms with van der Waals surface area (Å²) < 4.78 is 12.4. The highest BCUT2D eigenvalue weighted by Gasteiger charge is 2.63. The van der Waals surface area contributed by atoms with Crippen LogP contribution in [0.2, 0.25) is 0 Å². The third kappa shape index (κ3) is 3.30. The molecule has 4 rings (SSSR count). The molecule has 4 nitrogen and oxygen atoms in total. The largest absolute Gasteiger partial charge is 0.444 e. The third-order valence-corrected chi connectivity index (χ3v) is 11.2. The van der Waals surface area contributed by atoms with Crippen LogP contribution in [0.15, 0.2) is 54.6 Å². The summed E-state index contributed by atoms with van der Waals surface area (Å²) >= 11 is 0. The second-order valence-corrected chi connectivity index (χ2v) is 13.8. The number of nitrogens with zero attached hydrogens (tertiary/aromatic N) is 1. The minimum absolute atomic E-state index is 0.0134. The second-order valence-electron chi connectivity index (χ2n) is 9.78. The minimum Gasteiger partial charge on any atom is -0.444 e. The molecule has 1 amide bonds. The van der Waals surface area contributed by atoms with Gasteiger partial charge in [0.25, 0.3) is 8.32 Å². The standard InChI is InChI=1S/C24H31NO3Si/c1-23(2,3)28-22(26)25-15-18(16-25)17-27-29(19-11-7-6-8-12-19)21-14-10-9-13-20(21)24(29,4)5/h6-14,18H,15-17H2,1-5H3. The average Bonchev–Trinajstić information content (AvgIpc) is 2.62. The lowest BCUT2D eigenvalue weighted by atomic mass is 10.0.